The van der Waals surface area contributed by atoms with Gasteiger partial charge in [-0.3, -0.25) is 4.79 Å². The van der Waals surface area contributed by atoms with Gasteiger partial charge in [-0.05, 0) is 80.1 Å². The van der Waals surface area contributed by atoms with Crippen molar-refractivity contribution in [2.45, 2.75) is 118 Å². The zero-order valence-corrected chi connectivity index (χ0v) is 25.4. The van der Waals surface area contributed by atoms with Gasteiger partial charge >= 0.3 is 17.6 Å². The smallest absolute Gasteiger partial charge is 0.374 e. The second-order valence-electron chi connectivity index (χ2n) is 8.34. The summed E-state index contributed by atoms with van der Waals surface area (Å²) in [5.41, 5.74) is 0.444. The molecule has 0 bridgehead atoms. The third-order valence-electron chi connectivity index (χ3n) is 6.08. The van der Waals surface area contributed by atoms with Crippen LogP contribution in [0.25, 0.3) is 0 Å². The van der Waals surface area contributed by atoms with Crippen LogP contribution in [0.4, 0.5) is 0 Å². The predicted octanol–water partition coefficient (Wildman–Crippen LogP) is 6.55. The lowest BCUT2D eigenvalue weighted by Crippen LogP contribution is -2.50. The van der Waals surface area contributed by atoms with Crippen LogP contribution < -0.4 is 0 Å². The number of hydrogen-bond acceptors (Lipinski definition) is 7. The fraction of sp³-hybridized carbons (Fsp3) is 0.960. The standard InChI is InChI=1S/C25H54O7Si2/c1-9-24(33(27-11-3,28-12-4)29-13-5)21-17-19-23(26)20-18-22-25(10-2)34(30-14-6,31-15-7)32-16-8/h24-25H,9-22H2,1-8H3. The first-order chi connectivity index (χ1) is 16.4. The fourth-order valence-electron chi connectivity index (χ4n) is 4.64. The van der Waals surface area contributed by atoms with Gasteiger partial charge in [0.2, 0.25) is 0 Å². The molecule has 0 spiro atoms. The number of carbonyl (C=O) groups excluding carboxylic acids is 1. The lowest BCUT2D eigenvalue weighted by atomic mass is 10.0. The summed E-state index contributed by atoms with van der Waals surface area (Å²) < 4.78 is 36.6. The SMILES string of the molecule is CCO[Si](OCC)(OCC)C(CC)CCCC(=O)CCCC(CC)[Si](OCC)(OCC)OCC. The Balaban J connectivity index is 4.84. The summed E-state index contributed by atoms with van der Waals surface area (Å²) >= 11 is 0. The summed E-state index contributed by atoms with van der Waals surface area (Å²) in [5, 5.41) is 0. The van der Waals surface area contributed by atoms with Gasteiger partial charge in [0.1, 0.15) is 5.78 Å². The summed E-state index contributed by atoms with van der Waals surface area (Å²) in [6, 6.07) is 0. The quantitative estimate of drug-likeness (QED) is 0.133. The van der Waals surface area contributed by atoms with Gasteiger partial charge in [0.25, 0.3) is 0 Å². The lowest BCUT2D eigenvalue weighted by Gasteiger charge is -2.35. The first-order valence-corrected chi connectivity index (χ1v) is 17.3. The van der Waals surface area contributed by atoms with Gasteiger partial charge in [0.05, 0.1) is 0 Å². The Hall–Kier alpha value is -0.136. The van der Waals surface area contributed by atoms with Crippen LogP contribution in [-0.4, -0.2) is 63.0 Å². The molecule has 0 rings (SSSR count). The van der Waals surface area contributed by atoms with Gasteiger partial charge in [-0.2, -0.15) is 0 Å². The Morgan fingerprint density at radius 1 is 0.529 bits per heavy atom. The van der Waals surface area contributed by atoms with Crippen molar-refractivity contribution in [3.63, 3.8) is 0 Å². The minimum Gasteiger partial charge on any atom is -0.374 e. The van der Waals surface area contributed by atoms with E-state index >= 15 is 0 Å². The summed E-state index contributed by atoms with van der Waals surface area (Å²) in [4.78, 5) is 12.7. The molecule has 0 aliphatic rings. The van der Waals surface area contributed by atoms with Crippen molar-refractivity contribution in [1.29, 1.82) is 0 Å². The molecule has 2 atom stereocenters. The van der Waals surface area contributed by atoms with Crippen LogP contribution in [0.5, 0.6) is 0 Å². The normalized spacial score (nSPS) is 14.4. The van der Waals surface area contributed by atoms with Crippen LogP contribution >= 0.6 is 0 Å². The van der Waals surface area contributed by atoms with E-state index in [1.807, 2.05) is 41.5 Å². The molecule has 0 aromatic rings. The molecule has 0 radical (unpaired) electrons. The van der Waals surface area contributed by atoms with E-state index in [2.05, 4.69) is 13.8 Å². The molecule has 0 N–H and O–H groups in total. The largest absolute Gasteiger partial charge is 0.504 e. The van der Waals surface area contributed by atoms with Crippen LogP contribution in [0, 0.1) is 0 Å². The highest BCUT2D eigenvalue weighted by molar-refractivity contribution is 6.62. The highest BCUT2D eigenvalue weighted by Gasteiger charge is 2.48. The van der Waals surface area contributed by atoms with E-state index < -0.39 is 17.6 Å². The monoisotopic (exact) mass is 522 g/mol. The summed E-state index contributed by atoms with van der Waals surface area (Å²) in [6.45, 7) is 19.7. The Bertz CT molecular complexity index is 432. The molecular weight excluding hydrogens is 468 g/mol. The molecule has 0 saturated heterocycles. The van der Waals surface area contributed by atoms with Crippen LogP contribution in [0.1, 0.15) is 107 Å². The maximum Gasteiger partial charge on any atom is 0.504 e. The second-order valence-corrected chi connectivity index (χ2v) is 14.1. The van der Waals surface area contributed by atoms with E-state index in [0.717, 1.165) is 38.5 Å². The van der Waals surface area contributed by atoms with Gasteiger partial charge in [0, 0.05) is 63.6 Å². The predicted molar refractivity (Wildman–Crippen MR) is 142 cm³/mol. The first kappa shape index (κ1) is 33.9. The molecule has 34 heavy (non-hydrogen) atoms. The second kappa shape index (κ2) is 20.0. The molecular formula is C25H54O7Si2. The molecule has 0 aliphatic carbocycles. The van der Waals surface area contributed by atoms with Gasteiger partial charge in [-0.25, -0.2) is 0 Å². The van der Waals surface area contributed by atoms with Gasteiger partial charge in [-0.15, -0.1) is 0 Å². The van der Waals surface area contributed by atoms with Crippen molar-refractivity contribution >= 4 is 23.4 Å². The van der Waals surface area contributed by atoms with E-state index in [4.69, 9.17) is 26.6 Å². The minimum absolute atomic E-state index is 0.222. The molecule has 9 heteroatoms. The molecule has 0 aromatic carbocycles. The number of ketones is 1. The van der Waals surface area contributed by atoms with Crippen LogP contribution in [0.3, 0.4) is 0 Å². The maximum atomic E-state index is 12.7. The molecule has 0 heterocycles. The van der Waals surface area contributed by atoms with Crippen molar-refractivity contribution in [3.05, 3.63) is 0 Å². The Morgan fingerprint density at radius 2 is 0.794 bits per heavy atom. The summed E-state index contributed by atoms with van der Waals surface area (Å²) in [6.07, 6.45) is 6.50. The van der Waals surface area contributed by atoms with E-state index in [1.165, 1.54) is 0 Å². The molecule has 2 unspecified atom stereocenters. The third kappa shape index (κ3) is 11.3. The Kier molecular flexibility index (Phi) is 19.9. The highest BCUT2D eigenvalue weighted by atomic mass is 28.4. The van der Waals surface area contributed by atoms with Crippen molar-refractivity contribution in [3.8, 4) is 0 Å². The van der Waals surface area contributed by atoms with E-state index in [1.54, 1.807) is 0 Å². The van der Waals surface area contributed by atoms with Crippen molar-refractivity contribution < 1.29 is 31.4 Å². The molecule has 0 aromatic heterocycles. The van der Waals surface area contributed by atoms with Crippen LogP contribution in [-0.2, 0) is 31.4 Å². The molecule has 204 valence electrons. The number of Topliss-reactive ketones (excluding diaryl/α,β-unsaturated/α-hetero) is 1. The molecule has 7 nitrogen and oxygen atoms in total. The van der Waals surface area contributed by atoms with Gasteiger partial charge in [0.15, 0.2) is 0 Å². The van der Waals surface area contributed by atoms with Crippen molar-refractivity contribution in [2.75, 3.05) is 39.6 Å². The topological polar surface area (TPSA) is 72.5 Å². The highest BCUT2D eigenvalue weighted by Crippen LogP contribution is 2.35. The number of rotatable bonds is 24. The molecule has 0 saturated carbocycles. The summed E-state index contributed by atoms with van der Waals surface area (Å²) in [5.74, 6) is 0.317. The average molecular weight is 523 g/mol. The first-order valence-electron chi connectivity index (χ1n) is 13.7. The van der Waals surface area contributed by atoms with E-state index in [-0.39, 0.29) is 11.1 Å². The fourth-order valence-corrected chi connectivity index (χ4v) is 11.1. The Labute approximate surface area is 212 Å². The summed E-state index contributed by atoms with van der Waals surface area (Å²) in [7, 11) is -5.47. The number of carbonyl (C=O) groups is 1. The van der Waals surface area contributed by atoms with Crippen molar-refractivity contribution in [1.82, 2.24) is 0 Å². The minimum atomic E-state index is -2.74. The molecule has 0 aliphatic heterocycles. The van der Waals surface area contributed by atoms with Crippen LogP contribution in [0.15, 0.2) is 0 Å². The van der Waals surface area contributed by atoms with Gasteiger partial charge < -0.3 is 26.6 Å². The van der Waals surface area contributed by atoms with E-state index in [9.17, 15) is 4.79 Å². The van der Waals surface area contributed by atoms with Crippen molar-refractivity contribution in [2.24, 2.45) is 0 Å². The zero-order chi connectivity index (χ0) is 25.9. The average Bonchev–Trinajstić information content (AvgIpc) is 2.80. The lowest BCUT2D eigenvalue weighted by molar-refractivity contribution is -0.119. The zero-order valence-electron chi connectivity index (χ0n) is 23.4. The maximum absolute atomic E-state index is 12.7. The van der Waals surface area contributed by atoms with Crippen LogP contribution in [0.2, 0.25) is 11.1 Å². The van der Waals surface area contributed by atoms with E-state index in [0.29, 0.717) is 58.3 Å². The Morgan fingerprint density at radius 3 is 1.00 bits per heavy atom. The number of hydrogen-bond donors (Lipinski definition) is 0. The third-order valence-corrected chi connectivity index (χ3v) is 13.6. The van der Waals surface area contributed by atoms with Gasteiger partial charge in [-0.1, -0.05) is 13.8 Å². The molecule has 0 fully saturated rings. The molecule has 0 amide bonds.